The van der Waals surface area contributed by atoms with Crippen LogP contribution < -0.4 is 10.2 Å². The van der Waals surface area contributed by atoms with Crippen LogP contribution in [0.15, 0.2) is 46.9 Å². The minimum absolute atomic E-state index is 0.105. The van der Waals surface area contributed by atoms with E-state index in [1.54, 1.807) is 4.90 Å². The molecule has 2 amide bonds. The molecule has 32 heavy (non-hydrogen) atoms. The maximum Gasteiger partial charge on any atom is 0.229 e. The smallest absolute Gasteiger partial charge is 0.229 e. The largest absolute Gasteiger partial charge is 0.346 e. The molecule has 0 spiro atoms. The van der Waals surface area contributed by atoms with Crippen molar-refractivity contribution in [3.8, 4) is 0 Å². The molecule has 0 radical (unpaired) electrons. The third-order valence-corrected chi connectivity index (χ3v) is 6.42. The minimum Gasteiger partial charge on any atom is -0.346 e. The SMILES string of the molecule is CC(C)[C@H](NC(=O)[C@H]1CC(=O)N(c2n[nH]c3cc(Br)ccc23)C1)c1nc2ccccc2[nH]1. The molecule has 1 saturated heterocycles. The molecule has 1 fully saturated rings. The number of rotatable bonds is 5. The summed E-state index contributed by atoms with van der Waals surface area (Å²) in [6.45, 7) is 4.38. The van der Waals surface area contributed by atoms with Crippen LogP contribution in [0.1, 0.15) is 32.1 Å². The number of halogens is 1. The number of hydrogen-bond acceptors (Lipinski definition) is 4. The Morgan fingerprint density at radius 3 is 2.81 bits per heavy atom. The third kappa shape index (κ3) is 3.66. The number of fused-ring (bicyclic) bond motifs is 2. The van der Waals surface area contributed by atoms with Gasteiger partial charge in [0, 0.05) is 22.8 Å². The first-order chi connectivity index (χ1) is 15.4. The van der Waals surface area contributed by atoms with Gasteiger partial charge in [0.2, 0.25) is 11.8 Å². The average molecular weight is 495 g/mol. The molecule has 0 bridgehead atoms. The highest BCUT2D eigenvalue weighted by molar-refractivity contribution is 9.10. The number of aromatic nitrogens is 4. The maximum atomic E-state index is 13.2. The molecular formula is C23H23BrN6O2. The number of anilines is 1. The second kappa shape index (κ2) is 8.05. The van der Waals surface area contributed by atoms with Crippen LogP contribution in [0, 0.1) is 11.8 Å². The summed E-state index contributed by atoms with van der Waals surface area (Å²) in [4.78, 5) is 35.5. The van der Waals surface area contributed by atoms with Crippen molar-refractivity contribution in [1.29, 1.82) is 0 Å². The number of para-hydroxylation sites is 2. The fourth-order valence-corrected chi connectivity index (χ4v) is 4.57. The zero-order valence-electron chi connectivity index (χ0n) is 17.7. The van der Waals surface area contributed by atoms with E-state index in [1.807, 2.05) is 56.3 Å². The first kappa shape index (κ1) is 20.7. The van der Waals surface area contributed by atoms with Gasteiger partial charge in [-0.1, -0.05) is 41.9 Å². The van der Waals surface area contributed by atoms with E-state index in [-0.39, 0.29) is 30.2 Å². The van der Waals surface area contributed by atoms with Crippen LogP contribution in [0.25, 0.3) is 21.9 Å². The molecule has 0 aliphatic carbocycles. The Bertz CT molecular complexity index is 1290. The Kier molecular flexibility index (Phi) is 5.21. The number of aromatic amines is 2. The van der Waals surface area contributed by atoms with E-state index in [0.29, 0.717) is 12.4 Å². The van der Waals surface area contributed by atoms with Gasteiger partial charge < -0.3 is 10.3 Å². The third-order valence-electron chi connectivity index (χ3n) is 5.92. The average Bonchev–Trinajstić information content (AvgIpc) is 3.47. The van der Waals surface area contributed by atoms with E-state index in [1.165, 1.54) is 0 Å². The number of benzene rings is 2. The number of imidazole rings is 1. The summed E-state index contributed by atoms with van der Waals surface area (Å²) in [6, 6.07) is 13.2. The summed E-state index contributed by atoms with van der Waals surface area (Å²) in [6.07, 6.45) is 0.154. The minimum atomic E-state index is -0.449. The van der Waals surface area contributed by atoms with Crippen molar-refractivity contribution in [2.45, 2.75) is 26.3 Å². The lowest BCUT2D eigenvalue weighted by molar-refractivity contribution is -0.127. The van der Waals surface area contributed by atoms with Gasteiger partial charge in [0.15, 0.2) is 5.82 Å². The number of hydrogen-bond donors (Lipinski definition) is 3. The molecule has 1 aliphatic heterocycles. The van der Waals surface area contributed by atoms with Crippen molar-refractivity contribution in [3.63, 3.8) is 0 Å². The molecule has 0 saturated carbocycles. The van der Waals surface area contributed by atoms with E-state index in [4.69, 9.17) is 0 Å². The molecule has 8 nitrogen and oxygen atoms in total. The van der Waals surface area contributed by atoms with Gasteiger partial charge in [0.05, 0.1) is 28.5 Å². The summed E-state index contributed by atoms with van der Waals surface area (Å²) < 4.78 is 0.926. The Labute approximate surface area is 192 Å². The van der Waals surface area contributed by atoms with Gasteiger partial charge in [-0.05, 0) is 36.2 Å². The van der Waals surface area contributed by atoms with Gasteiger partial charge in [0.1, 0.15) is 5.82 Å². The summed E-state index contributed by atoms with van der Waals surface area (Å²) >= 11 is 3.44. The lowest BCUT2D eigenvalue weighted by Gasteiger charge is -2.22. The molecule has 164 valence electrons. The molecule has 2 aromatic heterocycles. The van der Waals surface area contributed by atoms with Crippen LogP contribution in [0.5, 0.6) is 0 Å². The molecule has 2 aromatic carbocycles. The van der Waals surface area contributed by atoms with Gasteiger partial charge in [-0.25, -0.2) is 4.98 Å². The number of nitrogens with one attached hydrogen (secondary N) is 3. The number of amides is 2. The van der Waals surface area contributed by atoms with Gasteiger partial charge in [-0.3, -0.25) is 19.6 Å². The molecule has 3 N–H and O–H groups in total. The molecule has 2 atom stereocenters. The van der Waals surface area contributed by atoms with E-state index in [9.17, 15) is 9.59 Å². The number of carbonyl (C=O) groups excluding carboxylic acids is 2. The molecule has 4 aromatic rings. The Hall–Kier alpha value is -3.20. The molecule has 1 aliphatic rings. The summed E-state index contributed by atoms with van der Waals surface area (Å²) in [5.74, 6) is 0.704. The predicted octanol–water partition coefficient (Wildman–Crippen LogP) is 4.07. The summed E-state index contributed by atoms with van der Waals surface area (Å²) in [5, 5.41) is 11.3. The lowest BCUT2D eigenvalue weighted by Crippen LogP contribution is -2.38. The van der Waals surface area contributed by atoms with Crippen molar-refractivity contribution >= 4 is 55.5 Å². The van der Waals surface area contributed by atoms with Crippen molar-refractivity contribution in [1.82, 2.24) is 25.5 Å². The number of H-pyrrole nitrogens is 2. The van der Waals surface area contributed by atoms with Gasteiger partial charge >= 0.3 is 0 Å². The fraction of sp³-hybridized carbons (Fsp3) is 0.304. The van der Waals surface area contributed by atoms with Crippen molar-refractivity contribution in [3.05, 3.63) is 52.8 Å². The van der Waals surface area contributed by atoms with E-state index >= 15 is 0 Å². The van der Waals surface area contributed by atoms with Crippen LogP contribution in [0.4, 0.5) is 5.82 Å². The standard InChI is InChI=1S/C23H23BrN6O2/c1-12(2)20(21-25-16-5-3-4-6-17(16)26-21)27-23(32)13-9-19(31)30(11-13)22-15-8-7-14(24)10-18(15)28-29-22/h3-8,10,12-13,20H,9,11H2,1-2H3,(H,25,26)(H,27,32)(H,28,29)/t13-,20-/m0/s1. The van der Waals surface area contributed by atoms with Crippen LogP contribution in [-0.2, 0) is 9.59 Å². The highest BCUT2D eigenvalue weighted by atomic mass is 79.9. The number of carbonyl (C=O) groups is 2. The monoisotopic (exact) mass is 494 g/mol. The highest BCUT2D eigenvalue weighted by Crippen LogP contribution is 2.32. The summed E-state index contributed by atoms with van der Waals surface area (Å²) in [5.41, 5.74) is 2.63. The van der Waals surface area contributed by atoms with Crippen molar-refractivity contribution in [2.75, 3.05) is 11.4 Å². The van der Waals surface area contributed by atoms with Gasteiger partial charge in [0.25, 0.3) is 0 Å². The zero-order valence-corrected chi connectivity index (χ0v) is 19.3. The Morgan fingerprint density at radius 1 is 1.22 bits per heavy atom. The Balaban J connectivity index is 1.35. The Morgan fingerprint density at radius 2 is 2.03 bits per heavy atom. The highest BCUT2D eigenvalue weighted by Gasteiger charge is 2.38. The molecule has 5 rings (SSSR count). The first-order valence-corrected chi connectivity index (χ1v) is 11.4. The quantitative estimate of drug-likeness (QED) is 0.388. The van der Waals surface area contributed by atoms with Crippen LogP contribution in [-0.4, -0.2) is 38.5 Å². The fourth-order valence-electron chi connectivity index (χ4n) is 4.21. The second-order valence-electron chi connectivity index (χ2n) is 8.51. The van der Waals surface area contributed by atoms with E-state index in [0.717, 1.165) is 32.2 Å². The maximum absolute atomic E-state index is 13.2. The molecule has 0 unspecified atom stereocenters. The van der Waals surface area contributed by atoms with Crippen molar-refractivity contribution < 1.29 is 9.59 Å². The molecular weight excluding hydrogens is 472 g/mol. The number of nitrogens with zero attached hydrogens (tertiary/aromatic N) is 3. The topological polar surface area (TPSA) is 107 Å². The first-order valence-electron chi connectivity index (χ1n) is 10.6. The van der Waals surface area contributed by atoms with Crippen LogP contribution >= 0.6 is 15.9 Å². The predicted molar refractivity (Wildman–Crippen MR) is 126 cm³/mol. The normalized spacial score (nSPS) is 17.6. The van der Waals surface area contributed by atoms with Crippen molar-refractivity contribution in [2.24, 2.45) is 11.8 Å². The van der Waals surface area contributed by atoms with Gasteiger partial charge in [-0.2, -0.15) is 5.10 Å². The molecule has 9 heteroatoms. The summed E-state index contributed by atoms with van der Waals surface area (Å²) in [7, 11) is 0. The lowest BCUT2D eigenvalue weighted by atomic mass is 10.0. The molecule has 3 heterocycles. The second-order valence-corrected chi connectivity index (χ2v) is 9.43. The van der Waals surface area contributed by atoms with Crippen LogP contribution in [0.2, 0.25) is 0 Å². The van der Waals surface area contributed by atoms with Gasteiger partial charge in [-0.15, -0.1) is 0 Å². The van der Waals surface area contributed by atoms with E-state index in [2.05, 4.69) is 41.4 Å². The van der Waals surface area contributed by atoms with Crippen LogP contribution in [0.3, 0.4) is 0 Å². The zero-order chi connectivity index (χ0) is 22.4. The van der Waals surface area contributed by atoms with E-state index < -0.39 is 5.92 Å².